The molecule has 0 aromatic carbocycles. The zero-order chi connectivity index (χ0) is 21.9. The van der Waals surface area contributed by atoms with Crippen molar-refractivity contribution < 1.29 is 19.1 Å². The van der Waals surface area contributed by atoms with Crippen LogP contribution in [-0.2, 0) is 19.1 Å². The number of aryl methyl sites for hydroxylation is 2. The second-order valence-electron chi connectivity index (χ2n) is 6.28. The number of aromatic nitrogens is 2. The molecule has 2 rings (SSSR count). The van der Waals surface area contributed by atoms with Crippen LogP contribution in [0, 0.1) is 13.8 Å². The maximum atomic E-state index is 12.2. The van der Waals surface area contributed by atoms with Gasteiger partial charge in [0.15, 0.2) is 0 Å². The molecule has 0 amide bonds. The minimum absolute atomic E-state index is 0.361. The van der Waals surface area contributed by atoms with Crippen LogP contribution in [0.3, 0.4) is 0 Å². The largest absolute Gasteiger partial charge is 0.467 e. The maximum Gasteiger partial charge on any atom is 0.329 e. The van der Waals surface area contributed by atoms with Crippen LogP contribution in [0.1, 0.15) is 11.4 Å². The van der Waals surface area contributed by atoms with Crippen molar-refractivity contribution >= 4 is 44.9 Å². The Labute approximate surface area is 184 Å². The van der Waals surface area contributed by atoms with E-state index in [1.807, 2.05) is 26.0 Å². The Morgan fingerprint density at radius 3 is 1.60 bits per heavy atom. The van der Waals surface area contributed by atoms with Crippen molar-refractivity contribution in [3.8, 4) is 0 Å². The molecule has 0 aliphatic heterocycles. The maximum absolute atomic E-state index is 12.2. The Kier molecular flexibility index (Phi) is 9.75. The first kappa shape index (κ1) is 23.8. The Bertz CT molecular complexity index is 784. The molecule has 0 saturated carbocycles. The summed E-state index contributed by atoms with van der Waals surface area (Å²) in [6.45, 7) is 3.73. The van der Waals surface area contributed by atoms with Gasteiger partial charge < -0.3 is 20.1 Å². The average molecular weight is 451 g/mol. The van der Waals surface area contributed by atoms with Gasteiger partial charge in [0.1, 0.15) is 12.1 Å². The predicted molar refractivity (Wildman–Crippen MR) is 122 cm³/mol. The van der Waals surface area contributed by atoms with Crippen molar-refractivity contribution in [3.63, 3.8) is 0 Å². The zero-order valence-corrected chi connectivity index (χ0v) is 19.0. The highest BCUT2D eigenvalue weighted by Crippen LogP contribution is 2.26. The number of nitrogens with zero attached hydrogens (tertiary/aromatic N) is 2. The number of carbonyl (C=O) groups is 2. The summed E-state index contributed by atoms with van der Waals surface area (Å²) in [5.74, 6) is 0.178. The van der Waals surface area contributed by atoms with Crippen molar-refractivity contribution in [2.75, 3.05) is 36.4 Å². The monoisotopic (exact) mass is 450 g/mol. The minimum atomic E-state index is -0.541. The molecule has 0 fully saturated rings. The standard InChI is InChI=1S/C20H26N4O4S2/c1-13-15(7-5-9-21-13)23-17(19(25)27-3)11-29-30-12-18(20(26)28-4)24-16-8-6-10-22-14(16)2/h5-10,17-18,23-24H,11-12H2,1-4H3/t17-,18?/m0/s1. The van der Waals surface area contributed by atoms with Crippen LogP contribution in [0.15, 0.2) is 36.7 Å². The molecule has 0 spiro atoms. The summed E-state index contributed by atoms with van der Waals surface area (Å²) in [5, 5.41) is 6.36. The molecule has 2 aromatic rings. The average Bonchev–Trinajstić information content (AvgIpc) is 2.76. The lowest BCUT2D eigenvalue weighted by molar-refractivity contribution is -0.141. The summed E-state index contributed by atoms with van der Waals surface area (Å²) in [7, 11) is 5.66. The van der Waals surface area contributed by atoms with E-state index in [2.05, 4.69) is 20.6 Å². The highest BCUT2D eigenvalue weighted by Gasteiger charge is 2.23. The van der Waals surface area contributed by atoms with Crippen molar-refractivity contribution in [3.05, 3.63) is 48.0 Å². The first-order valence-electron chi connectivity index (χ1n) is 9.22. The second kappa shape index (κ2) is 12.3. The van der Waals surface area contributed by atoms with E-state index in [1.54, 1.807) is 24.5 Å². The summed E-state index contributed by atoms with van der Waals surface area (Å²) in [5.41, 5.74) is 3.15. The first-order valence-corrected chi connectivity index (χ1v) is 11.7. The van der Waals surface area contributed by atoms with E-state index in [0.717, 1.165) is 22.8 Å². The summed E-state index contributed by atoms with van der Waals surface area (Å²) in [6, 6.07) is 6.26. The molecule has 10 heteroatoms. The predicted octanol–water partition coefficient (Wildman–Crippen LogP) is 3.08. The topological polar surface area (TPSA) is 102 Å². The number of carbonyl (C=O) groups excluding carboxylic acids is 2. The molecule has 162 valence electrons. The fraction of sp³-hybridized carbons (Fsp3) is 0.400. The van der Waals surface area contributed by atoms with E-state index in [1.165, 1.54) is 35.8 Å². The third kappa shape index (κ3) is 7.10. The number of anilines is 2. The normalized spacial score (nSPS) is 12.5. The van der Waals surface area contributed by atoms with E-state index in [4.69, 9.17) is 9.47 Å². The molecule has 2 heterocycles. The Morgan fingerprint density at radius 2 is 1.27 bits per heavy atom. The molecule has 30 heavy (non-hydrogen) atoms. The Balaban J connectivity index is 1.93. The summed E-state index contributed by atoms with van der Waals surface area (Å²) < 4.78 is 9.83. The van der Waals surface area contributed by atoms with Gasteiger partial charge in [-0.15, -0.1) is 0 Å². The number of hydrogen-bond acceptors (Lipinski definition) is 10. The van der Waals surface area contributed by atoms with E-state index in [-0.39, 0.29) is 11.9 Å². The number of pyridine rings is 2. The van der Waals surface area contributed by atoms with Crippen LogP contribution in [0.4, 0.5) is 11.4 Å². The zero-order valence-electron chi connectivity index (χ0n) is 17.4. The molecule has 0 aliphatic carbocycles. The van der Waals surface area contributed by atoms with Gasteiger partial charge in [0, 0.05) is 23.9 Å². The smallest absolute Gasteiger partial charge is 0.329 e. The molecular weight excluding hydrogens is 424 g/mol. The Hall–Kier alpha value is -2.46. The van der Waals surface area contributed by atoms with Crippen LogP contribution in [0.25, 0.3) is 0 Å². The van der Waals surface area contributed by atoms with Crippen LogP contribution < -0.4 is 10.6 Å². The van der Waals surface area contributed by atoms with Gasteiger partial charge in [0.25, 0.3) is 0 Å². The summed E-state index contributed by atoms with van der Waals surface area (Å²) in [6.07, 6.45) is 3.39. The van der Waals surface area contributed by atoms with Crippen LogP contribution in [-0.4, -0.2) is 59.7 Å². The molecule has 0 bridgehead atoms. The van der Waals surface area contributed by atoms with Gasteiger partial charge in [-0.2, -0.15) is 0 Å². The Morgan fingerprint density at radius 1 is 0.867 bits per heavy atom. The molecule has 8 nitrogen and oxygen atoms in total. The molecule has 1 unspecified atom stereocenters. The van der Waals surface area contributed by atoms with Gasteiger partial charge in [0.05, 0.1) is 37.0 Å². The second-order valence-corrected chi connectivity index (χ2v) is 8.83. The van der Waals surface area contributed by atoms with Gasteiger partial charge in [-0.25, -0.2) is 9.59 Å². The lowest BCUT2D eigenvalue weighted by Gasteiger charge is -2.20. The van der Waals surface area contributed by atoms with E-state index in [0.29, 0.717) is 11.5 Å². The highest BCUT2D eigenvalue weighted by atomic mass is 33.1. The molecule has 0 saturated heterocycles. The lowest BCUT2D eigenvalue weighted by atomic mass is 10.2. The van der Waals surface area contributed by atoms with Crippen LogP contribution >= 0.6 is 21.6 Å². The number of esters is 2. The van der Waals surface area contributed by atoms with Crippen molar-refractivity contribution in [2.45, 2.75) is 25.9 Å². The van der Waals surface area contributed by atoms with E-state index < -0.39 is 12.1 Å². The molecule has 0 aliphatic rings. The van der Waals surface area contributed by atoms with Crippen molar-refractivity contribution in [1.82, 2.24) is 9.97 Å². The van der Waals surface area contributed by atoms with Gasteiger partial charge >= 0.3 is 11.9 Å². The van der Waals surface area contributed by atoms with Crippen molar-refractivity contribution in [1.29, 1.82) is 0 Å². The first-order chi connectivity index (χ1) is 14.5. The van der Waals surface area contributed by atoms with E-state index in [9.17, 15) is 9.59 Å². The van der Waals surface area contributed by atoms with Gasteiger partial charge in [-0.05, 0) is 38.1 Å². The number of rotatable bonds is 11. The van der Waals surface area contributed by atoms with Gasteiger partial charge in [-0.3, -0.25) is 9.97 Å². The summed E-state index contributed by atoms with van der Waals surface area (Å²) in [4.78, 5) is 32.8. The van der Waals surface area contributed by atoms with E-state index >= 15 is 0 Å². The minimum Gasteiger partial charge on any atom is -0.467 e. The van der Waals surface area contributed by atoms with Crippen LogP contribution in [0.5, 0.6) is 0 Å². The highest BCUT2D eigenvalue weighted by molar-refractivity contribution is 8.76. The van der Waals surface area contributed by atoms with Crippen LogP contribution in [0.2, 0.25) is 0 Å². The molecule has 0 radical (unpaired) electrons. The third-order valence-corrected chi connectivity index (χ3v) is 6.62. The number of ether oxygens (including phenoxy) is 2. The van der Waals surface area contributed by atoms with Gasteiger partial charge in [-0.1, -0.05) is 21.6 Å². The number of hydrogen-bond donors (Lipinski definition) is 2. The number of methoxy groups -OCH3 is 2. The molecule has 2 aromatic heterocycles. The number of nitrogens with one attached hydrogen (secondary N) is 2. The molecule has 2 atom stereocenters. The summed E-state index contributed by atoms with van der Waals surface area (Å²) >= 11 is 0. The molecule has 2 N–H and O–H groups in total. The third-order valence-electron chi connectivity index (χ3n) is 4.20. The fourth-order valence-electron chi connectivity index (χ4n) is 2.50. The molecular formula is C20H26N4O4S2. The van der Waals surface area contributed by atoms with Crippen molar-refractivity contribution in [2.24, 2.45) is 0 Å². The quantitative estimate of drug-likeness (QED) is 0.302. The lowest BCUT2D eigenvalue weighted by Crippen LogP contribution is -2.34. The SMILES string of the molecule is COC(=O)C(CSSC[C@H](Nc1cccnc1C)C(=O)OC)Nc1cccnc1C. The van der Waals surface area contributed by atoms with Gasteiger partial charge in [0.2, 0.25) is 0 Å². The fourth-order valence-corrected chi connectivity index (χ4v) is 4.80.